The minimum atomic E-state index is -3.70. The third-order valence-electron chi connectivity index (χ3n) is 9.33. The number of hydrogen-bond acceptors (Lipinski definition) is 6. The van der Waals surface area contributed by atoms with Gasteiger partial charge in [0.1, 0.15) is 0 Å². The van der Waals surface area contributed by atoms with Crippen LogP contribution in [0.15, 0.2) is 182 Å². The molecule has 302 valence electrons. The van der Waals surface area contributed by atoms with Gasteiger partial charge in [-0.15, -0.1) is 0 Å². The van der Waals surface area contributed by atoms with E-state index in [0.29, 0.717) is 0 Å². The monoisotopic (exact) mass is 874 g/mol. The van der Waals surface area contributed by atoms with E-state index in [2.05, 4.69) is 205 Å². The summed E-state index contributed by atoms with van der Waals surface area (Å²) in [6.45, 7) is 19.4. The van der Waals surface area contributed by atoms with Gasteiger partial charge in [0.2, 0.25) is 0 Å². The lowest BCUT2D eigenvalue weighted by atomic mass is 10.4. The van der Waals surface area contributed by atoms with Crippen LogP contribution < -0.4 is 31.1 Å². The van der Waals surface area contributed by atoms with Gasteiger partial charge in [-0.1, -0.05) is 182 Å². The Kier molecular flexibility index (Phi) is 13.9. The third kappa shape index (κ3) is 10.4. The van der Waals surface area contributed by atoms with E-state index in [4.69, 9.17) is 25.0 Å². The van der Waals surface area contributed by atoms with Crippen LogP contribution in [0.25, 0.3) is 0 Å². The fourth-order valence-electron chi connectivity index (χ4n) is 7.43. The van der Waals surface area contributed by atoms with E-state index in [1.54, 1.807) is 0 Å². The van der Waals surface area contributed by atoms with Gasteiger partial charge >= 0.3 is 42.8 Å². The predicted molar refractivity (Wildman–Crippen MR) is 254 cm³/mol. The van der Waals surface area contributed by atoms with Crippen LogP contribution in [-0.2, 0) is 25.0 Å². The van der Waals surface area contributed by atoms with E-state index in [1.165, 1.54) is 0 Å². The Morgan fingerprint density at radius 2 is 0.500 bits per heavy atom. The van der Waals surface area contributed by atoms with Crippen molar-refractivity contribution in [2.45, 2.75) is 65.8 Å². The molecule has 0 fully saturated rings. The number of rotatable bonds is 18. The van der Waals surface area contributed by atoms with Crippen molar-refractivity contribution in [2.75, 3.05) is 0 Å². The summed E-state index contributed by atoms with van der Waals surface area (Å²) in [7, 11) is -19.3. The highest BCUT2D eigenvalue weighted by molar-refractivity contribution is 7.06. The molecular weight excluding hydrogens is 817 g/mol. The molecule has 0 radical (unpaired) electrons. The molecule has 58 heavy (non-hydrogen) atoms. The van der Waals surface area contributed by atoms with Crippen LogP contribution >= 0.6 is 0 Å². The van der Waals surface area contributed by atoms with Crippen molar-refractivity contribution < 1.29 is 25.0 Å². The second kappa shape index (κ2) is 18.3. The summed E-state index contributed by atoms with van der Waals surface area (Å²) in [5.41, 5.74) is 0. The van der Waals surface area contributed by atoms with Crippen LogP contribution in [0.4, 0.5) is 0 Å². The standard InChI is InChI=1S/C46H58O6Si6/c1-40(2)47-56(41-28-16-10-17-29-41,42-30-18-11-19-31-42)49-54(6,7)51-58(45-36-24-14-25-37-45,46-38-26-15-27-39-46)52-55(8,9)50-57(48-53(3,4)5,43-32-20-12-21-33-43)44-34-22-13-23-35-44/h10-40H,1-9H3. The zero-order valence-corrected chi connectivity index (χ0v) is 41.3. The molecule has 0 saturated carbocycles. The minimum absolute atomic E-state index is 0.112. The highest BCUT2D eigenvalue weighted by Gasteiger charge is 2.58. The highest BCUT2D eigenvalue weighted by Crippen LogP contribution is 2.29. The van der Waals surface area contributed by atoms with Crippen LogP contribution in [0.1, 0.15) is 13.8 Å². The Bertz CT molecular complexity index is 2040. The van der Waals surface area contributed by atoms with Gasteiger partial charge < -0.3 is 25.0 Å². The molecule has 0 bridgehead atoms. The van der Waals surface area contributed by atoms with Crippen molar-refractivity contribution in [2.24, 2.45) is 0 Å². The SMILES string of the molecule is CC(C)O[Si](O[Si](C)(C)O[Si](O[Si](C)(C)O[Si](O[Si](C)(C)C)(c1ccccc1)c1ccccc1)(c1ccccc1)c1ccccc1)(c1ccccc1)c1ccccc1. The minimum Gasteiger partial charge on any atom is -0.430 e. The highest BCUT2D eigenvalue weighted by atomic mass is 28.5. The Hall–Kier alpha value is -3.62. The van der Waals surface area contributed by atoms with Crippen molar-refractivity contribution in [1.82, 2.24) is 0 Å². The summed E-state index contributed by atoms with van der Waals surface area (Å²) in [5, 5.41) is 6.09. The summed E-state index contributed by atoms with van der Waals surface area (Å²) >= 11 is 0. The van der Waals surface area contributed by atoms with Crippen LogP contribution in [0.2, 0.25) is 45.8 Å². The lowest BCUT2D eigenvalue weighted by Crippen LogP contribution is -2.76. The molecule has 0 N–H and O–H groups in total. The van der Waals surface area contributed by atoms with E-state index >= 15 is 0 Å². The van der Waals surface area contributed by atoms with E-state index in [1.807, 2.05) is 36.4 Å². The maximum atomic E-state index is 7.89. The summed E-state index contributed by atoms with van der Waals surface area (Å²) in [6.07, 6.45) is -0.112. The third-order valence-corrected chi connectivity index (χ3v) is 32.8. The van der Waals surface area contributed by atoms with Crippen LogP contribution in [-0.4, -0.2) is 57.2 Å². The molecule has 0 aliphatic carbocycles. The zero-order valence-electron chi connectivity index (χ0n) is 35.3. The Morgan fingerprint density at radius 1 is 0.293 bits per heavy atom. The number of hydrogen-bond donors (Lipinski definition) is 0. The quantitative estimate of drug-likeness (QED) is 0.0835. The van der Waals surface area contributed by atoms with Crippen LogP contribution in [0.3, 0.4) is 0 Å². The molecule has 0 aromatic heterocycles. The first kappa shape index (κ1) is 43.9. The maximum absolute atomic E-state index is 7.89. The molecule has 0 amide bonds. The van der Waals surface area contributed by atoms with Gasteiger partial charge in [-0.2, -0.15) is 0 Å². The lowest BCUT2D eigenvalue weighted by molar-refractivity contribution is 0.186. The van der Waals surface area contributed by atoms with Crippen molar-refractivity contribution in [3.05, 3.63) is 182 Å². The van der Waals surface area contributed by atoms with Gasteiger partial charge in [-0.05, 0) is 90.8 Å². The molecule has 0 aliphatic heterocycles. The first-order valence-corrected chi connectivity index (χ1v) is 34.6. The van der Waals surface area contributed by atoms with Gasteiger partial charge in [0, 0.05) is 6.10 Å². The van der Waals surface area contributed by atoms with Gasteiger partial charge in [-0.3, -0.25) is 0 Å². The van der Waals surface area contributed by atoms with Crippen LogP contribution in [0, 0.1) is 0 Å². The average Bonchev–Trinajstić information content (AvgIpc) is 3.21. The molecule has 0 spiro atoms. The van der Waals surface area contributed by atoms with Crippen molar-refractivity contribution in [1.29, 1.82) is 0 Å². The van der Waals surface area contributed by atoms with Gasteiger partial charge in [-0.25, -0.2) is 0 Å². The Balaban J connectivity index is 1.54. The Labute approximate surface area is 353 Å². The normalized spacial score (nSPS) is 13.1. The van der Waals surface area contributed by atoms with E-state index in [-0.39, 0.29) is 6.10 Å². The lowest BCUT2D eigenvalue weighted by Gasteiger charge is -2.47. The molecule has 0 unspecified atom stereocenters. The smallest absolute Gasteiger partial charge is 0.398 e. The summed E-state index contributed by atoms with van der Waals surface area (Å²) in [6, 6.07) is 62.6. The van der Waals surface area contributed by atoms with Crippen molar-refractivity contribution >= 4 is 82.2 Å². The molecule has 0 heterocycles. The Morgan fingerprint density at radius 3 is 0.724 bits per heavy atom. The van der Waals surface area contributed by atoms with Crippen molar-refractivity contribution in [3.63, 3.8) is 0 Å². The van der Waals surface area contributed by atoms with Gasteiger partial charge in [0.15, 0.2) is 8.32 Å². The molecule has 6 nitrogen and oxygen atoms in total. The van der Waals surface area contributed by atoms with E-state index in [9.17, 15) is 0 Å². The maximum Gasteiger partial charge on any atom is 0.398 e. The molecule has 6 rings (SSSR count). The second-order valence-corrected chi connectivity index (χ2v) is 37.9. The molecule has 0 atom stereocenters. The zero-order chi connectivity index (χ0) is 41.5. The molecule has 12 heteroatoms. The van der Waals surface area contributed by atoms with Gasteiger partial charge in [0.25, 0.3) is 0 Å². The van der Waals surface area contributed by atoms with Crippen molar-refractivity contribution in [3.8, 4) is 0 Å². The van der Waals surface area contributed by atoms with Crippen LogP contribution in [0.5, 0.6) is 0 Å². The first-order valence-electron chi connectivity index (χ1n) is 20.1. The second-order valence-electron chi connectivity index (χ2n) is 16.6. The van der Waals surface area contributed by atoms with E-state index in [0.717, 1.165) is 31.1 Å². The summed E-state index contributed by atoms with van der Waals surface area (Å²) < 4.78 is 45.7. The largest absolute Gasteiger partial charge is 0.430 e. The fraction of sp³-hybridized carbons (Fsp3) is 0.217. The molecule has 0 aliphatic rings. The summed E-state index contributed by atoms with van der Waals surface area (Å²) in [5.74, 6) is 0. The molecule has 6 aromatic rings. The average molecular weight is 875 g/mol. The summed E-state index contributed by atoms with van der Waals surface area (Å²) in [4.78, 5) is 0. The van der Waals surface area contributed by atoms with E-state index < -0.39 is 51.1 Å². The number of benzene rings is 6. The fourth-order valence-corrected chi connectivity index (χ4v) is 34.7. The first-order chi connectivity index (χ1) is 27.6. The van der Waals surface area contributed by atoms with Gasteiger partial charge in [0.05, 0.1) is 0 Å². The predicted octanol–water partition coefficient (Wildman–Crippen LogP) is 7.50. The molecular formula is C46H58O6Si6. The molecule has 6 aromatic carbocycles. The topological polar surface area (TPSA) is 55.4 Å². The molecule has 0 saturated heterocycles.